The van der Waals surface area contributed by atoms with Crippen LogP contribution in [-0.4, -0.2) is 17.9 Å². The van der Waals surface area contributed by atoms with E-state index in [0.29, 0.717) is 17.5 Å². The predicted octanol–water partition coefficient (Wildman–Crippen LogP) is 3.78. The number of carbonyl (C=O) groups is 2. The summed E-state index contributed by atoms with van der Waals surface area (Å²) < 4.78 is 0. The molecular formula is C16H18N2O2S2. The second kappa shape index (κ2) is 7.07. The number of ketones is 1. The minimum Gasteiger partial charge on any atom is -0.335 e. The maximum atomic E-state index is 12.2. The molecule has 0 aliphatic heterocycles. The van der Waals surface area contributed by atoms with Crippen LogP contribution in [0.3, 0.4) is 0 Å². The number of amides is 2. The molecule has 2 heterocycles. The van der Waals surface area contributed by atoms with Gasteiger partial charge in [0.05, 0.1) is 11.4 Å². The molecule has 0 bridgehead atoms. The van der Waals surface area contributed by atoms with Crippen molar-refractivity contribution in [2.75, 3.05) is 0 Å². The number of thiophene rings is 2. The maximum absolute atomic E-state index is 12.2. The molecule has 1 saturated carbocycles. The number of hydrogen-bond donors (Lipinski definition) is 2. The van der Waals surface area contributed by atoms with Crippen molar-refractivity contribution in [3.63, 3.8) is 0 Å². The van der Waals surface area contributed by atoms with Gasteiger partial charge in [-0.15, -0.1) is 11.3 Å². The average Bonchev–Trinajstić information content (AvgIpc) is 3.26. The standard InChI is InChI=1S/C16H18N2O2S2/c19-15(11-7-8-21-10-11)14-6-5-13(22-14)9-17-16(20)18-12-3-1-2-4-12/h5-8,10,12H,1-4,9H2,(H2,17,18,20). The van der Waals surface area contributed by atoms with Crippen LogP contribution in [0.2, 0.25) is 0 Å². The summed E-state index contributed by atoms with van der Waals surface area (Å²) in [6.07, 6.45) is 4.55. The highest BCUT2D eigenvalue weighted by Crippen LogP contribution is 2.21. The molecule has 1 fully saturated rings. The van der Waals surface area contributed by atoms with E-state index < -0.39 is 0 Å². The van der Waals surface area contributed by atoms with Gasteiger partial charge >= 0.3 is 6.03 Å². The number of carbonyl (C=O) groups excluding carboxylic acids is 2. The summed E-state index contributed by atoms with van der Waals surface area (Å²) in [4.78, 5) is 25.7. The Kier molecular flexibility index (Phi) is 4.90. The molecule has 116 valence electrons. The van der Waals surface area contributed by atoms with E-state index in [9.17, 15) is 9.59 Å². The third kappa shape index (κ3) is 3.75. The van der Waals surface area contributed by atoms with E-state index in [2.05, 4.69) is 10.6 Å². The van der Waals surface area contributed by atoms with Crippen molar-refractivity contribution in [3.05, 3.63) is 44.3 Å². The minimum absolute atomic E-state index is 0.0490. The van der Waals surface area contributed by atoms with Crippen molar-refractivity contribution in [1.82, 2.24) is 10.6 Å². The van der Waals surface area contributed by atoms with E-state index >= 15 is 0 Å². The Morgan fingerprint density at radius 2 is 2.00 bits per heavy atom. The van der Waals surface area contributed by atoms with Gasteiger partial charge in [-0.1, -0.05) is 12.8 Å². The third-order valence-electron chi connectivity index (χ3n) is 3.78. The normalized spacial score (nSPS) is 14.9. The van der Waals surface area contributed by atoms with Crippen LogP contribution in [0.15, 0.2) is 29.0 Å². The van der Waals surface area contributed by atoms with E-state index in [0.717, 1.165) is 23.3 Å². The van der Waals surface area contributed by atoms with Crippen molar-refractivity contribution in [3.8, 4) is 0 Å². The lowest BCUT2D eigenvalue weighted by atomic mass is 10.2. The SMILES string of the molecule is O=C(NCc1ccc(C(=O)c2ccsc2)s1)NC1CCCC1. The average molecular weight is 334 g/mol. The van der Waals surface area contributed by atoms with E-state index in [1.165, 1.54) is 35.5 Å². The zero-order valence-electron chi connectivity index (χ0n) is 12.1. The molecule has 2 aromatic heterocycles. The van der Waals surface area contributed by atoms with Gasteiger partial charge in [0.2, 0.25) is 5.78 Å². The lowest BCUT2D eigenvalue weighted by Crippen LogP contribution is -2.40. The number of urea groups is 1. The van der Waals surface area contributed by atoms with Gasteiger partial charge in [-0.25, -0.2) is 4.79 Å². The van der Waals surface area contributed by atoms with E-state index in [1.54, 1.807) is 0 Å². The largest absolute Gasteiger partial charge is 0.335 e. The molecule has 4 nitrogen and oxygen atoms in total. The summed E-state index contributed by atoms with van der Waals surface area (Å²) in [5.74, 6) is 0.0490. The Morgan fingerprint density at radius 3 is 2.73 bits per heavy atom. The quantitative estimate of drug-likeness (QED) is 0.818. The zero-order chi connectivity index (χ0) is 15.4. The fraction of sp³-hybridized carbons (Fsp3) is 0.375. The molecule has 1 aliphatic carbocycles. The van der Waals surface area contributed by atoms with Crippen molar-refractivity contribution >= 4 is 34.5 Å². The number of nitrogens with one attached hydrogen (secondary N) is 2. The lowest BCUT2D eigenvalue weighted by Gasteiger charge is -2.12. The van der Waals surface area contributed by atoms with Gasteiger partial charge < -0.3 is 10.6 Å². The summed E-state index contributed by atoms with van der Waals surface area (Å²) in [6.45, 7) is 0.458. The summed E-state index contributed by atoms with van der Waals surface area (Å²) in [7, 11) is 0. The predicted molar refractivity (Wildman–Crippen MR) is 89.7 cm³/mol. The second-order valence-electron chi connectivity index (χ2n) is 5.42. The van der Waals surface area contributed by atoms with Gasteiger partial charge in [0, 0.05) is 21.9 Å². The molecule has 2 aromatic rings. The molecule has 3 rings (SSSR count). The van der Waals surface area contributed by atoms with Gasteiger partial charge in [-0.2, -0.15) is 11.3 Å². The molecule has 0 spiro atoms. The van der Waals surface area contributed by atoms with Crippen LogP contribution in [-0.2, 0) is 6.54 Å². The van der Waals surface area contributed by atoms with Crippen LogP contribution in [0.4, 0.5) is 4.79 Å². The van der Waals surface area contributed by atoms with Crippen molar-refractivity contribution < 1.29 is 9.59 Å². The minimum atomic E-state index is -0.119. The highest BCUT2D eigenvalue weighted by atomic mass is 32.1. The molecule has 0 saturated heterocycles. The molecule has 1 aliphatic rings. The van der Waals surface area contributed by atoms with Gasteiger partial charge in [-0.05, 0) is 36.4 Å². The highest BCUT2D eigenvalue weighted by Gasteiger charge is 2.17. The molecule has 2 N–H and O–H groups in total. The monoisotopic (exact) mass is 334 g/mol. The Balaban J connectivity index is 1.51. The van der Waals surface area contributed by atoms with Crippen LogP contribution in [0.25, 0.3) is 0 Å². The Bertz CT molecular complexity index is 643. The zero-order valence-corrected chi connectivity index (χ0v) is 13.8. The first-order valence-electron chi connectivity index (χ1n) is 7.42. The van der Waals surface area contributed by atoms with Crippen molar-refractivity contribution in [2.24, 2.45) is 0 Å². The molecule has 22 heavy (non-hydrogen) atoms. The number of rotatable bonds is 5. The Morgan fingerprint density at radius 1 is 1.18 bits per heavy atom. The summed E-state index contributed by atoms with van der Waals surface area (Å²) in [5, 5.41) is 9.61. The molecule has 0 aromatic carbocycles. The van der Waals surface area contributed by atoms with Crippen LogP contribution >= 0.6 is 22.7 Å². The summed E-state index contributed by atoms with van der Waals surface area (Å²) >= 11 is 2.95. The fourth-order valence-corrected chi connectivity index (χ4v) is 4.15. The fourth-order valence-electron chi connectivity index (χ4n) is 2.60. The first-order valence-corrected chi connectivity index (χ1v) is 9.18. The van der Waals surface area contributed by atoms with Gasteiger partial charge in [0.25, 0.3) is 0 Å². The summed E-state index contributed by atoms with van der Waals surface area (Å²) in [5.41, 5.74) is 0.727. The lowest BCUT2D eigenvalue weighted by molar-refractivity contribution is 0.104. The molecule has 0 radical (unpaired) electrons. The van der Waals surface area contributed by atoms with Crippen molar-refractivity contribution in [1.29, 1.82) is 0 Å². The molecule has 6 heteroatoms. The maximum Gasteiger partial charge on any atom is 0.315 e. The molecular weight excluding hydrogens is 316 g/mol. The van der Waals surface area contributed by atoms with Crippen LogP contribution < -0.4 is 10.6 Å². The molecule has 0 atom stereocenters. The van der Waals surface area contributed by atoms with Crippen LogP contribution in [0.5, 0.6) is 0 Å². The van der Waals surface area contributed by atoms with Crippen molar-refractivity contribution in [2.45, 2.75) is 38.3 Å². The topological polar surface area (TPSA) is 58.2 Å². The second-order valence-corrected chi connectivity index (χ2v) is 7.36. The summed E-state index contributed by atoms with van der Waals surface area (Å²) in [6, 6.07) is 5.76. The Hall–Kier alpha value is -1.66. The van der Waals surface area contributed by atoms with Crippen LogP contribution in [0.1, 0.15) is 45.8 Å². The highest BCUT2D eigenvalue weighted by molar-refractivity contribution is 7.14. The third-order valence-corrected chi connectivity index (χ3v) is 5.55. The first kappa shape index (κ1) is 15.2. The van der Waals surface area contributed by atoms with Gasteiger partial charge in [-0.3, -0.25) is 4.79 Å². The van der Waals surface area contributed by atoms with E-state index in [1.807, 2.05) is 29.0 Å². The van der Waals surface area contributed by atoms with Crippen LogP contribution in [0, 0.1) is 0 Å². The van der Waals surface area contributed by atoms with Gasteiger partial charge in [0.1, 0.15) is 0 Å². The van der Waals surface area contributed by atoms with Gasteiger partial charge in [0.15, 0.2) is 0 Å². The molecule has 0 unspecified atom stereocenters. The Labute approximate surface area is 137 Å². The first-order chi connectivity index (χ1) is 10.7. The number of hydrogen-bond acceptors (Lipinski definition) is 4. The van der Waals surface area contributed by atoms with E-state index in [4.69, 9.17) is 0 Å². The van der Waals surface area contributed by atoms with E-state index in [-0.39, 0.29) is 11.8 Å². The molecule has 2 amide bonds. The smallest absolute Gasteiger partial charge is 0.315 e.